The van der Waals surface area contributed by atoms with Crippen molar-refractivity contribution in [1.82, 2.24) is 30.1 Å². The van der Waals surface area contributed by atoms with E-state index in [1.165, 1.54) is 16.9 Å². The Balaban J connectivity index is 1.27. The van der Waals surface area contributed by atoms with Crippen LogP contribution in [0, 0.1) is 11.8 Å². The minimum Gasteiger partial charge on any atom is -0.455 e. The van der Waals surface area contributed by atoms with E-state index in [-0.39, 0.29) is 45.0 Å². The van der Waals surface area contributed by atoms with Gasteiger partial charge >= 0.3 is 5.97 Å². The number of alkyl halides is 1. The Bertz CT molecular complexity index is 2150. The first-order valence-corrected chi connectivity index (χ1v) is 20.7. The number of ether oxygens (including phenoxy) is 3. The zero-order valence-electron chi connectivity index (χ0n) is 32.8. The van der Waals surface area contributed by atoms with Crippen LogP contribution in [-0.2, 0) is 46.5 Å². The first kappa shape index (κ1) is 41.9. The quantitative estimate of drug-likeness (QED) is 0.0796. The van der Waals surface area contributed by atoms with E-state index in [4.69, 9.17) is 14.2 Å². The van der Waals surface area contributed by atoms with Crippen LogP contribution in [0.25, 0.3) is 11.0 Å². The van der Waals surface area contributed by atoms with Crippen molar-refractivity contribution >= 4 is 50.7 Å². The van der Waals surface area contributed by atoms with E-state index in [9.17, 15) is 14.7 Å². The van der Waals surface area contributed by atoms with Gasteiger partial charge in [-0.05, 0) is 42.5 Å². The Hall–Kier alpha value is -5.22. The van der Waals surface area contributed by atoms with Crippen LogP contribution in [0.15, 0.2) is 110 Å². The molecule has 1 aromatic heterocycles. The fourth-order valence-corrected chi connectivity index (χ4v) is 9.94. The average molecular weight is 870 g/mol. The predicted molar refractivity (Wildman–Crippen MR) is 222 cm³/mol. The number of hydrogen-bond donors (Lipinski definition) is 2. The zero-order chi connectivity index (χ0) is 41.7. The number of rotatable bonds is 19. The second-order valence-electron chi connectivity index (χ2n) is 15.2. The first-order valence-electron chi connectivity index (χ1n) is 19.8. The highest BCUT2D eigenvalue weighted by atomic mass is 79.9. The van der Waals surface area contributed by atoms with E-state index in [0.717, 1.165) is 5.56 Å². The van der Waals surface area contributed by atoms with Crippen molar-refractivity contribution in [3.8, 4) is 0 Å². The third-order valence-electron chi connectivity index (χ3n) is 11.5. The van der Waals surface area contributed by atoms with Gasteiger partial charge in [-0.15, -0.1) is 18.3 Å². The van der Waals surface area contributed by atoms with Gasteiger partial charge in [0.05, 0.1) is 48.8 Å². The van der Waals surface area contributed by atoms with Gasteiger partial charge in [-0.2, -0.15) is 0 Å². The van der Waals surface area contributed by atoms with Crippen molar-refractivity contribution in [2.75, 3.05) is 26.9 Å². The van der Waals surface area contributed by atoms with Crippen molar-refractivity contribution < 1.29 is 38.5 Å². The number of halogens is 1. The lowest BCUT2D eigenvalue weighted by atomic mass is 9.70. The minimum atomic E-state index is -1.47. The molecule has 3 amide bonds. The smallest absolute Gasteiger partial charge is 0.313 e. The number of hydrogen-bond acceptors (Lipinski definition) is 10. The number of nitrogens with zero attached hydrogens (tertiary/aromatic N) is 5. The summed E-state index contributed by atoms with van der Waals surface area (Å²) in [6, 6.07) is 22.9. The number of carbonyl (C=O) groups is 4. The Labute approximate surface area is 351 Å². The summed E-state index contributed by atoms with van der Waals surface area (Å²) in [7, 11) is 1.49. The molecule has 310 valence electrons. The molecule has 1 spiro atoms. The molecule has 0 radical (unpaired) electrons. The van der Waals surface area contributed by atoms with Gasteiger partial charge in [-0.1, -0.05) is 106 Å². The second-order valence-corrected chi connectivity index (χ2v) is 16.4. The molecule has 4 heterocycles. The molecular formula is C44H49BrN6O8. The van der Waals surface area contributed by atoms with Crippen LogP contribution in [0.3, 0.4) is 0 Å². The minimum absolute atomic E-state index is 0.0159. The summed E-state index contributed by atoms with van der Waals surface area (Å²) >= 11 is 3.76. The van der Waals surface area contributed by atoms with E-state index in [2.05, 4.69) is 44.7 Å². The largest absolute Gasteiger partial charge is 0.455 e. The molecule has 1 unspecified atom stereocenters. The number of amides is 3. The van der Waals surface area contributed by atoms with Gasteiger partial charge in [0.1, 0.15) is 29.9 Å². The lowest BCUT2D eigenvalue weighted by molar-refractivity contribution is -0.163. The van der Waals surface area contributed by atoms with Crippen molar-refractivity contribution in [2.45, 2.75) is 73.1 Å². The number of nitrogens with one attached hydrogen (secondary N) is 1. The lowest BCUT2D eigenvalue weighted by Gasteiger charge is -2.39. The molecule has 3 fully saturated rings. The predicted octanol–water partition coefficient (Wildman–Crippen LogP) is 4.14. The fraction of sp³-hybridized carbons (Fsp3) is 0.409. The standard InChI is InChI=1S/C44H49BrN6O8/c1-4-6-21-35(53)46-33(26-57-3)38(29-17-11-8-12-18-29)58-43(56)36-37-41(54)51(30(25-52)23-28-15-9-7-10-16-28)40(44(37)24-31(45)39(36)59-44)42(55)49(22-5-2)27-50-34-20-14-13-19-32(34)47-48-50/h4-5,7-20,30-31,33,36-40,52H,1-2,6,21-27H2,3H3,(H,46,53)/t30-,31?,33-,36-,37+,38-,39-,40-,44+/m1/s1. The molecule has 3 saturated heterocycles. The Morgan fingerprint density at radius 2 is 1.78 bits per heavy atom. The number of aromatic nitrogens is 3. The molecule has 7 rings (SSSR count). The number of para-hydroxylation sites is 1. The molecule has 4 aromatic rings. The highest BCUT2D eigenvalue weighted by Gasteiger charge is 2.77. The first-order chi connectivity index (χ1) is 28.6. The number of esters is 1. The summed E-state index contributed by atoms with van der Waals surface area (Å²) in [6.07, 6.45) is 2.51. The van der Waals surface area contributed by atoms with E-state index < -0.39 is 77.0 Å². The molecule has 59 heavy (non-hydrogen) atoms. The maximum absolute atomic E-state index is 15.3. The molecular weight excluding hydrogens is 820 g/mol. The van der Waals surface area contributed by atoms with Crippen molar-refractivity contribution in [2.24, 2.45) is 11.8 Å². The lowest BCUT2D eigenvalue weighted by Crippen LogP contribution is -2.59. The highest BCUT2D eigenvalue weighted by molar-refractivity contribution is 9.09. The number of aliphatic hydroxyl groups is 1. The molecule has 15 heteroatoms. The van der Waals surface area contributed by atoms with Gasteiger partial charge in [-0.3, -0.25) is 19.2 Å². The molecule has 14 nitrogen and oxygen atoms in total. The van der Waals surface area contributed by atoms with Crippen LogP contribution in [0.1, 0.15) is 36.5 Å². The van der Waals surface area contributed by atoms with Crippen molar-refractivity contribution in [3.05, 3.63) is 121 Å². The topological polar surface area (TPSA) is 165 Å². The van der Waals surface area contributed by atoms with Gasteiger partial charge in [-0.25, -0.2) is 4.68 Å². The summed E-state index contributed by atoms with van der Waals surface area (Å²) < 4.78 is 20.4. The number of likely N-dealkylation sites (tertiary alicyclic amines) is 1. The Morgan fingerprint density at radius 1 is 1.07 bits per heavy atom. The molecule has 3 aliphatic rings. The summed E-state index contributed by atoms with van der Waals surface area (Å²) in [5, 5.41) is 22.6. The number of aliphatic hydroxyl groups excluding tert-OH is 1. The van der Waals surface area contributed by atoms with Crippen LogP contribution >= 0.6 is 15.9 Å². The number of methoxy groups -OCH3 is 1. The summed E-state index contributed by atoms with van der Waals surface area (Å²) in [4.78, 5) is 61.0. The molecule has 2 N–H and O–H groups in total. The number of fused-ring (bicyclic) bond motifs is 2. The van der Waals surface area contributed by atoms with Crippen LogP contribution in [0.4, 0.5) is 0 Å². The van der Waals surface area contributed by atoms with E-state index in [0.29, 0.717) is 23.0 Å². The molecule has 9 atom stereocenters. The van der Waals surface area contributed by atoms with Gasteiger partial charge in [0.15, 0.2) is 0 Å². The van der Waals surface area contributed by atoms with Crippen LogP contribution in [0.5, 0.6) is 0 Å². The van der Waals surface area contributed by atoms with Gasteiger partial charge in [0.25, 0.3) is 0 Å². The normalized spacial score (nSPS) is 24.6. The van der Waals surface area contributed by atoms with Crippen LogP contribution in [-0.4, -0.2) is 115 Å². The second kappa shape index (κ2) is 18.4. The molecule has 0 aliphatic carbocycles. The van der Waals surface area contributed by atoms with Crippen LogP contribution < -0.4 is 5.32 Å². The number of carbonyl (C=O) groups excluding carboxylic acids is 4. The van der Waals surface area contributed by atoms with E-state index in [1.54, 1.807) is 41.1 Å². The SMILES string of the molecule is C=CCCC(=O)N[C@H](COC)[C@H](OC(=O)[C@H]1[C@@H]2O[C@@]3(CC2Br)[C@@H]1C(=O)N([C@@H](CO)Cc1ccccc1)[C@@H]3C(=O)N(CC=C)Cn1nnc2ccccc21)c1ccccc1. The highest BCUT2D eigenvalue weighted by Crippen LogP contribution is 2.61. The van der Waals surface area contributed by atoms with Crippen LogP contribution in [0.2, 0.25) is 0 Å². The Kier molecular flexibility index (Phi) is 13.0. The fourth-order valence-electron chi connectivity index (χ4n) is 9.00. The third kappa shape index (κ3) is 8.21. The third-order valence-corrected chi connectivity index (χ3v) is 12.4. The number of benzene rings is 3. The average Bonchev–Trinajstić information content (AvgIpc) is 3.98. The molecule has 3 aromatic carbocycles. The van der Waals surface area contributed by atoms with Gasteiger partial charge in [0, 0.05) is 24.9 Å². The zero-order valence-corrected chi connectivity index (χ0v) is 34.4. The molecule has 3 aliphatic heterocycles. The maximum Gasteiger partial charge on any atom is 0.313 e. The molecule has 0 saturated carbocycles. The summed E-state index contributed by atoms with van der Waals surface area (Å²) in [6.45, 7) is 7.26. The van der Waals surface area contributed by atoms with Gasteiger partial charge in [0.2, 0.25) is 17.7 Å². The van der Waals surface area contributed by atoms with E-state index in [1.807, 2.05) is 60.7 Å². The van der Waals surface area contributed by atoms with Crippen molar-refractivity contribution in [3.63, 3.8) is 0 Å². The Morgan fingerprint density at radius 3 is 2.47 bits per heavy atom. The summed E-state index contributed by atoms with van der Waals surface area (Å²) in [5.74, 6) is -4.21. The van der Waals surface area contributed by atoms with Gasteiger partial charge < -0.3 is 34.4 Å². The van der Waals surface area contributed by atoms with Crippen molar-refractivity contribution in [1.29, 1.82) is 0 Å². The molecule has 2 bridgehead atoms. The number of allylic oxidation sites excluding steroid dienone is 1. The van der Waals surface area contributed by atoms with E-state index >= 15 is 9.59 Å². The maximum atomic E-state index is 15.3. The summed E-state index contributed by atoms with van der Waals surface area (Å²) in [5.41, 5.74) is 1.34. The monoisotopic (exact) mass is 868 g/mol.